The molecule has 0 aliphatic carbocycles. The molecule has 1 aromatic rings. The van der Waals surface area contributed by atoms with Gasteiger partial charge in [0.25, 0.3) is 5.69 Å². The molecule has 0 amide bonds. The molecule has 0 saturated heterocycles. The smallest absolute Gasteiger partial charge is 0.258 e. The first kappa shape index (κ1) is 10.3. The van der Waals surface area contributed by atoms with Crippen LogP contribution >= 0.6 is 23.5 Å². The van der Waals surface area contributed by atoms with E-state index in [0.717, 1.165) is 10.1 Å². The van der Waals surface area contributed by atoms with Crippen LogP contribution in [0.25, 0.3) is 0 Å². The lowest BCUT2D eigenvalue weighted by Gasteiger charge is -1.96. The van der Waals surface area contributed by atoms with Crippen LogP contribution in [0.15, 0.2) is 23.4 Å². The number of nitro groups is 1. The third-order valence-corrected chi connectivity index (χ3v) is 3.21. The highest BCUT2D eigenvalue weighted by Gasteiger charge is 2.04. The van der Waals surface area contributed by atoms with Gasteiger partial charge in [-0.3, -0.25) is 10.1 Å². The quantitative estimate of drug-likeness (QED) is 0.335. The second-order valence-corrected chi connectivity index (χ2v) is 4.39. The van der Waals surface area contributed by atoms with Crippen LogP contribution in [0.5, 0.6) is 0 Å². The van der Waals surface area contributed by atoms with Crippen molar-refractivity contribution >= 4 is 29.2 Å². The van der Waals surface area contributed by atoms with Gasteiger partial charge in [-0.25, -0.2) is 4.98 Å². The minimum atomic E-state index is -0.448. The maximum Gasteiger partial charge on any atom is 0.287 e. The SMILES string of the molecule is CSCSc1ccc([N+](=O)[O-])cn1. The average molecular weight is 216 g/mol. The van der Waals surface area contributed by atoms with Gasteiger partial charge >= 0.3 is 0 Å². The van der Waals surface area contributed by atoms with Crippen LogP contribution in [0.1, 0.15) is 0 Å². The summed E-state index contributed by atoms with van der Waals surface area (Å²) in [7, 11) is 0. The van der Waals surface area contributed by atoms with E-state index in [1.807, 2.05) is 6.26 Å². The summed E-state index contributed by atoms with van der Waals surface area (Å²) in [5.74, 6) is 0. The molecule has 1 aromatic heterocycles. The zero-order valence-corrected chi connectivity index (χ0v) is 8.60. The Morgan fingerprint density at radius 1 is 1.62 bits per heavy atom. The number of hydrogen-bond acceptors (Lipinski definition) is 5. The molecule has 0 aliphatic rings. The fourth-order valence-electron chi connectivity index (χ4n) is 0.685. The van der Waals surface area contributed by atoms with E-state index in [-0.39, 0.29) is 5.69 Å². The number of hydrogen-bond donors (Lipinski definition) is 0. The van der Waals surface area contributed by atoms with Gasteiger partial charge in [0.05, 0.1) is 9.95 Å². The lowest BCUT2D eigenvalue weighted by molar-refractivity contribution is -0.385. The number of nitrogens with zero attached hydrogens (tertiary/aromatic N) is 2. The van der Waals surface area contributed by atoms with Crippen LogP contribution < -0.4 is 0 Å². The molecule has 13 heavy (non-hydrogen) atoms. The van der Waals surface area contributed by atoms with Gasteiger partial charge in [0.15, 0.2) is 0 Å². The Morgan fingerprint density at radius 3 is 2.85 bits per heavy atom. The Morgan fingerprint density at radius 2 is 2.38 bits per heavy atom. The van der Waals surface area contributed by atoms with Crippen LogP contribution in [0.4, 0.5) is 5.69 Å². The normalized spacial score (nSPS) is 9.92. The van der Waals surface area contributed by atoms with Crippen molar-refractivity contribution in [2.45, 2.75) is 5.03 Å². The Bertz CT molecular complexity index is 289. The molecule has 1 rings (SSSR count). The number of pyridine rings is 1. The van der Waals surface area contributed by atoms with Crippen molar-refractivity contribution in [1.82, 2.24) is 4.98 Å². The van der Waals surface area contributed by atoms with Gasteiger partial charge in [0, 0.05) is 11.2 Å². The number of thioether (sulfide) groups is 2. The van der Waals surface area contributed by atoms with Crippen molar-refractivity contribution in [3.8, 4) is 0 Å². The van der Waals surface area contributed by atoms with Crippen molar-refractivity contribution in [1.29, 1.82) is 0 Å². The van der Waals surface area contributed by atoms with Crippen LogP contribution in [-0.2, 0) is 0 Å². The monoisotopic (exact) mass is 216 g/mol. The molecule has 6 heteroatoms. The molecule has 0 unspecified atom stereocenters. The van der Waals surface area contributed by atoms with Gasteiger partial charge < -0.3 is 0 Å². The molecule has 0 bridgehead atoms. The van der Waals surface area contributed by atoms with Gasteiger partial charge in [0.1, 0.15) is 6.20 Å². The molecule has 0 spiro atoms. The molecule has 70 valence electrons. The Kier molecular flexibility index (Phi) is 4.04. The van der Waals surface area contributed by atoms with E-state index in [2.05, 4.69) is 4.98 Å². The second kappa shape index (κ2) is 5.08. The Labute approximate surface area is 84.3 Å². The maximum atomic E-state index is 10.3. The average Bonchev–Trinajstić information content (AvgIpc) is 2.15. The maximum absolute atomic E-state index is 10.3. The van der Waals surface area contributed by atoms with Gasteiger partial charge in [0.2, 0.25) is 0 Å². The molecule has 4 nitrogen and oxygen atoms in total. The molecule has 0 N–H and O–H groups in total. The molecule has 0 aliphatic heterocycles. The lowest BCUT2D eigenvalue weighted by Crippen LogP contribution is -1.89. The first-order valence-corrected chi connectivity index (χ1v) is 5.84. The van der Waals surface area contributed by atoms with E-state index in [9.17, 15) is 10.1 Å². The third-order valence-electron chi connectivity index (χ3n) is 1.26. The predicted molar refractivity (Wildman–Crippen MR) is 55.1 cm³/mol. The van der Waals surface area contributed by atoms with Crippen LogP contribution in [0, 0.1) is 10.1 Å². The summed E-state index contributed by atoms with van der Waals surface area (Å²) in [5.41, 5.74) is 0.0356. The predicted octanol–water partition coefficient (Wildman–Crippen LogP) is 2.40. The van der Waals surface area contributed by atoms with E-state index in [4.69, 9.17) is 0 Å². The molecular formula is C7H8N2O2S2. The first-order chi connectivity index (χ1) is 6.24. The van der Waals surface area contributed by atoms with Crippen LogP contribution in [0.3, 0.4) is 0 Å². The molecular weight excluding hydrogens is 208 g/mol. The largest absolute Gasteiger partial charge is 0.287 e. The first-order valence-electron chi connectivity index (χ1n) is 3.46. The van der Waals surface area contributed by atoms with Crippen molar-refractivity contribution in [3.63, 3.8) is 0 Å². The molecule has 0 fully saturated rings. The summed E-state index contributed by atoms with van der Waals surface area (Å²) in [5, 5.41) is 12.0. The number of rotatable bonds is 4. The zero-order chi connectivity index (χ0) is 9.68. The fourth-order valence-corrected chi connectivity index (χ4v) is 1.93. The summed E-state index contributed by atoms with van der Waals surface area (Å²) in [6.45, 7) is 0. The topological polar surface area (TPSA) is 56.0 Å². The molecule has 1 heterocycles. The minimum absolute atomic E-state index is 0.0356. The van der Waals surface area contributed by atoms with Crippen molar-refractivity contribution < 1.29 is 4.92 Å². The fraction of sp³-hybridized carbons (Fsp3) is 0.286. The number of aromatic nitrogens is 1. The van der Waals surface area contributed by atoms with Gasteiger partial charge in [-0.2, -0.15) is 11.8 Å². The second-order valence-electron chi connectivity index (χ2n) is 2.16. The van der Waals surface area contributed by atoms with Crippen LogP contribution in [0.2, 0.25) is 0 Å². The summed E-state index contributed by atoms with van der Waals surface area (Å²) in [6.07, 6.45) is 3.28. The van der Waals surface area contributed by atoms with Gasteiger partial charge in [-0.1, -0.05) is 11.8 Å². The molecule has 0 aromatic carbocycles. The van der Waals surface area contributed by atoms with Crippen molar-refractivity contribution in [2.24, 2.45) is 0 Å². The highest BCUT2D eigenvalue weighted by molar-refractivity contribution is 8.15. The molecule has 0 radical (unpaired) electrons. The summed E-state index contributed by atoms with van der Waals surface area (Å²) < 4.78 is 0. The highest BCUT2D eigenvalue weighted by atomic mass is 32.2. The van der Waals surface area contributed by atoms with E-state index >= 15 is 0 Å². The van der Waals surface area contributed by atoms with Gasteiger partial charge in [-0.15, -0.1) is 0 Å². The Balaban J connectivity index is 2.64. The summed E-state index contributed by atoms with van der Waals surface area (Å²) in [6, 6.07) is 3.13. The molecule has 0 atom stereocenters. The van der Waals surface area contributed by atoms with E-state index in [1.165, 1.54) is 12.3 Å². The van der Waals surface area contributed by atoms with Crippen molar-refractivity contribution in [3.05, 3.63) is 28.4 Å². The standard InChI is InChI=1S/C7H8N2O2S2/c1-12-5-13-7-3-2-6(4-8-7)9(10)11/h2-4H,5H2,1H3. The van der Waals surface area contributed by atoms with E-state index in [1.54, 1.807) is 29.6 Å². The lowest BCUT2D eigenvalue weighted by atomic mass is 10.4. The third kappa shape index (κ3) is 3.23. The van der Waals surface area contributed by atoms with Crippen LogP contribution in [-0.4, -0.2) is 21.2 Å². The summed E-state index contributed by atoms with van der Waals surface area (Å²) >= 11 is 3.27. The zero-order valence-electron chi connectivity index (χ0n) is 6.97. The van der Waals surface area contributed by atoms with Gasteiger partial charge in [-0.05, 0) is 12.3 Å². The van der Waals surface area contributed by atoms with Crippen molar-refractivity contribution in [2.75, 3.05) is 11.3 Å². The Hall–Kier alpha value is -0.750. The van der Waals surface area contributed by atoms with E-state index in [0.29, 0.717) is 0 Å². The highest BCUT2D eigenvalue weighted by Crippen LogP contribution is 2.20. The minimum Gasteiger partial charge on any atom is -0.258 e. The molecule has 0 saturated carbocycles. The summed E-state index contributed by atoms with van der Waals surface area (Å²) in [4.78, 5) is 13.8. The van der Waals surface area contributed by atoms with E-state index < -0.39 is 4.92 Å².